The number of rotatable bonds is 10. The first-order chi connectivity index (χ1) is 15.5. The maximum Gasteiger partial charge on any atom is 0.257 e. The lowest BCUT2D eigenvalue weighted by molar-refractivity contribution is -0.113. The molecule has 32 heavy (non-hydrogen) atoms. The average molecular weight is 474 g/mol. The monoisotopic (exact) mass is 473 g/mol. The number of carbonyl (C=O) groups is 2. The van der Waals surface area contributed by atoms with Crippen LogP contribution in [0.3, 0.4) is 0 Å². The third kappa shape index (κ3) is 6.38. The Kier molecular flexibility index (Phi) is 8.34. The van der Waals surface area contributed by atoms with Crippen LogP contribution in [-0.2, 0) is 10.5 Å². The lowest BCUT2D eigenvalue weighted by Crippen LogP contribution is -2.14. The van der Waals surface area contributed by atoms with Crippen molar-refractivity contribution in [3.63, 3.8) is 0 Å². The topological polar surface area (TPSA) is 98.8 Å². The van der Waals surface area contributed by atoms with Crippen molar-refractivity contribution in [3.8, 4) is 17.2 Å². The van der Waals surface area contributed by atoms with Gasteiger partial charge in [-0.25, -0.2) is 4.98 Å². The van der Waals surface area contributed by atoms with Crippen molar-refractivity contribution in [1.29, 1.82) is 0 Å². The SMILES string of the molecule is COc1ccc(NC(=O)CSCc2csc(NC(=O)c3ccc(OC)c(OC)c3)n2)cc1. The molecule has 0 saturated carbocycles. The second-order valence-electron chi connectivity index (χ2n) is 6.44. The van der Waals surface area contributed by atoms with Gasteiger partial charge in [-0.1, -0.05) is 0 Å². The van der Waals surface area contributed by atoms with E-state index in [0.29, 0.717) is 33.6 Å². The van der Waals surface area contributed by atoms with Crippen LogP contribution in [0.2, 0.25) is 0 Å². The summed E-state index contributed by atoms with van der Waals surface area (Å²) in [7, 11) is 4.65. The Morgan fingerprint density at radius 3 is 2.41 bits per heavy atom. The van der Waals surface area contributed by atoms with Gasteiger partial charge in [0, 0.05) is 22.4 Å². The number of carbonyl (C=O) groups excluding carboxylic acids is 2. The average Bonchev–Trinajstić information content (AvgIpc) is 3.26. The molecular formula is C22H23N3O5S2. The molecule has 168 valence electrons. The molecule has 0 bridgehead atoms. The Morgan fingerprint density at radius 1 is 0.969 bits per heavy atom. The van der Waals surface area contributed by atoms with E-state index in [2.05, 4.69) is 15.6 Å². The molecular weight excluding hydrogens is 450 g/mol. The predicted molar refractivity (Wildman–Crippen MR) is 127 cm³/mol. The lowest BCUT2D eigenvalue weighted by Gasteiger charge is -2.09. The molecule has 2 aromatic carbocycles. The Balaban J connectivity index is 1.47. The van der Waals surface area contributed by atoms with Gasteiger partial charge in [0.1, 0.15) is 5.75 Å². The van der Waals surface area contributed by atoms with Gasteiger partial charge in [-0.2, -0.15) is 0 Å². The molecule has 2 amide bonds. The number of amides is 2. The van der Waals surface area contributed by atoms with Gasteiger partial charge in [0.05, 0.1) is 32.8 Å². The molecule has 0 unspecified atom stereocenters. The summed E-state index contributed by atoms with van der Waals surface area (Å²) in [4.78, 5) is 29.0. The highest BCUT2D eigenvalue weighted by molar-refractivity contribution is 7.99. The summed E-state index contributed by atoms with van der Waals surface area (Å²) >= 11 is 2.77. The Labute approximate surface area is 194 Å². The van der Waals surface area contributed by atoms with Crippen LogP contribution in [0.25, 0.3) is 0 Å². The minimum absolute atomic E-state index is 0.0997. The highest BCUT2D eigenvalue weighted by atomic mass is 32.2. The van der Waals surface area contributed by atoms with Gasteiger partial charge in [0.2, 0.25) is 5.91 Å². The Hall–Kier alpha value is -3.24. The van der Waals surface area contributed by atoms with Gasteiger partial charge < -0.3 is 19.5 Å². The van der Waals surface area contributed by atoms with E-state index in [4.69, 9.17) is 14.2 Å². The lowest BCUT2D eigenvalue weighted by atomic mass is 10.2. The summed E-state index contributed by atoms with van der Waals surface area (Å²) in [5.74, 6) is 2.21. The van der Waals surface area contributed by atoms with Crippen molar-refractivity contribution in [1.82, 2.24) is 4.98 Å². The van der Waals surface area contributed by atoms with Crippen molar-refractivity contribution in [2.24, 2.45) is 0 Å². The van der Waals surface area contributed by atoms with Gasteiger partial charge >= 0.3 is 0 Å². The standard InChI is InChI=1S/C22H23N3O5S2/c1-28-17-7-5-15(6-8-17)23-20(26)13-31-11-16-12-32-22(24-16)25-21(27)14-4-9-18(29-2)19(10-14)30-3/h4-10,12H,11,13H2,1-3H3,(H,23,26)(H,24,25,27). The zero-order valence-corrected chi connectivity index (χ0v) is 19.5. The maximum atomic E-state index is 12.5. The van der Waals surface area contributed by atoms with Gasteiger partial charge in [0.15, 0.2) is 16.6 Å². The molecule has 3 aromatic rings. The number of anilines is 2. The molecule has 0 aliphatic carbocycles. The number of hydrogen-bond acceptors (Lipinski definition) is 8. The van der Waals surface area contributed by atoms with E-state index >= 15 is 0 Å². The summed E-state index contributed by atoms with van der Waals surface area (Å²) in [6.07, 6.45) is 0. The number of methoxy groups -OCH3 is 3. The normalized spacial score (nSPS) is 10.3. The smallest absolute Gasteiger partial charge is 0.257 e. The quantitative estimate of drug-likeness (QED) is 0.453. The third-order valence-electron chi connectivity index (χ3n) is 4.27. The van der Waals surface area contributed by atoms with Crippen LogP contribution in [0, 0.1) is 0 Å². The zero-order chi connectivity index (χ0) is 22.9. The van der Waals surface area contributed by atoms with Crippen LogP contribution in [-0.4, -0.2) is 43.9 Å². The molecule has 0 saturated heterocycles. The van der Waals surface area contributed by atoms with Gasteiger partial charge in [-0.15, -0.1) is 23.1 Å². The summed E-state index contributed by atoms with van der Waals surface area (Å²) in [6.45, 7) is 0. The number of ether oxygens (including phenoxy) is 3. The van der Waals surface area contributed by atoms with E-state index in [0.717, 1.165) is 11.4 Å². The largest absolute Gasteiger partial charge is 0.497 e. The number of nitrogens with zero attached hydrogens (tertiary/aromatic N) is 1. The minimum atomic E-state index is -0.293. The fraction of sp³-hybridized carbons (Fsp3) is 0.227. The van der Waals surface area contributed by atoms with Crippen molar-refractivity contribution < 1.29 is 23.8 Å². The molecule has 1 heterocycles. The minimum Gasteiger partial charge on any atom is -0.497 e. The molecule has 3 rings (SSSR count). The van der Waals surface area contributed by atoms with Crippen molar-refractivity contribution >= 4 is 45.7 Å². The highest BCUT2D eigenvalue weighted by Crippen LogP contribution is 2.28. The number of hydrogen-bond donors (Lipinski definition) is 2. The number of aromatic nitrogens is 1. The van der Waals surface area contributed by atoms with Crippen LogP contribution >= 0.6 is 23.1 Å². The van der Waals surface area contributed by atoms with E-state index in [1.165, 1.54) is 37.3 Å². The molecule has 0 spiro atoms. The van der Waals surface area contributed by atoms with E-state index in [1.807, 2.05) is 5.38 Å². The fourth-order valence-electron chi connectivity index (χ4n) is 2.70. The molecule has 0 aliphatic rings. The van der Waals surface area contributed by atoms with Crippen LogP contribution < -0.4 is 24.8 Å². The molecule has 2 N–H and O–H groups in total. The van der Waals surface area contributed by atoms with Crippen LogP contribution in [0.15, 0.2) is 47.8 Å². The predicted octanol–water partition coefficient (Wildman–Crippen LogP) is 4.29. The summed E-state index contributed by atoms with van der Waals surface area (Å²) < 4.78 is 15.5. The first kappa shape index (κ1) is 23.4. The molecule has 8 nitrogen and oxygen atoms in total. The van der Waals surface area contributed by atoms with E-state index in [9.17, 15) is 9.59 Å². The van der Waals surface area contributed by atoms with Gasteiger partial charge in [-0.05, 0) is 42.5 Å². The van der Waals surface area contributed by atoms with Gasteiger partial charge in [-0.3, -0.25) is 14.9 Å². The number of benzene rings is 2. The van der Waals surface area contributed by atoms with E-state index in [1.54, 1.807) is 49.6 Å². The molecule has 0 atom stereocenters. The fourth-order valence-corrected chi connectivity index (χ4v) is 4.22. The van der Waals surface area contributed by atoms with E-state index < -0.39 is 0 Å². The number of thiazole rings is 1. The third-order valence-corrected chi connectivity index (χ3v) is 6.05. The molecule has 1 aromatic heterocycles. The van der Waals surface area contributed by atoms with Crippen LogP contribution in [0.5, 0.6) is 17.2 Å². The van der Waals surface area contributed by atoms with Crippen molar-refractivity contribution in [2.45, 2.75) is 5.75 Å². The molecule has 10 heteroatoms. The van der Waals surface area contributed by atoms with E-state index in [-0.39, 0.29) is 17.6 Å². The highest BCUT2D eigenvalue weighted by Gasteiger charge is 2.13. The molecule has 0 fully saturated rings. The second kappa shape index (κ2) is 11.4. The van der Waals surface area contributed by atoms with Crippen molar-refractivity contribution in [2.75, 3.05) is 37.7 Å². The van der Waals surface area contributed by atoms with Crippen LogP contribution in [0.4, 0.5) is 10.8 Å². The van der Waals surface area contributed by atoms with Crippen molar-refractivity contribution in [3.05, 3.63) is 59.1 Å². The Morgan fingerprint density at radius 2 is 1.72 bits per heavy atom. The summed E-state index contributed by atoms with van der Waals surface area (Å²) in [6, 6.07) is 12.1. The van der Waals surface area contributed by atoms with Gasteiger partial charge in [0.25, 0.3) is 5.91 Å². The number of thioether (sulfide) groups is 1. The maximum absolute atomic E-state index is 12.5. The Bertz CT molecular complexity index is 1070. The zero-order valence-electron chi connectivity index (χ0n) is 17.8. The summed E-state index contributed by atoms with van der Waals surface area (Å²) in [5.41, 5.74) is 1.94. The first-order valence-electron chi connectivity index (χ1n) is 9.51. The second-order valence-corrected chi connectivity index (χ2v) is 8.28. The number of nitrogens with one attached hydrogen (secondary N) is 2. The van der Waals surface area contributed by atoms with Crippen LogP contribution in [0.1, 0.15) is 16.1 Å². The molecule has 0 aliphatic heterocycles. The first-order valence-corrected chi connectivity index (χ1v) is 11.5. The molecule has 0 radical (unpaired) electrons. The summed E-state index contributed by atoms with van der Waals surface area (Å²) in [5, 5.41) is 7.97.